The van der Waals surface area contributed by atoms with E-state index < -0.39 is 97.5 Å². The van der Waals surface area contributed by atoms with Gasteiger partial charge in [-0.25, -0.2) is 9.13 Å². The minimum atomic E-state index is -4.97. The van der Waals surface area contributed by atoms with Gasteiger partial charge in [0.25, 0.3) is 0 Å². The van der Waals surface area contributed by atoms with Crippen LogP contribution in [0.15, 0.2) is 0 Å². The molecule has 3 N–H and O–H groups in total. The topological polar surface area (TPSA) is 237 Å². The molecule has 0 aliphatic rings. The largest absolute Gasteiger partial charge is 0.472 e. The number of aliphatic hydroxyl groups is 1. The van der Waals surface area contributed by atoms with Gasteiger partial charge in [-0.05, 0) is 37.5 Å². The summed E-state index contributed by atoms with van der Waals surface area (Å²) in [6.45, 7) is 9.74. The van der Waals surface area contributed by atoms with E-state index in [1.807, 2.05) is 0 Å². The summed E-state index contributed by atoms with van der Waals surface area (Å²) in [4.78, 5) is 73.3. The zero-order valence-corrected chi connectivity index (χ0v) is 72.2. The molecule has 0 aromatic rings. The van der Waals surface area contributed by atoms with Crippen LogP contribution >= 0.6 is 15.6 Å². The summed E-state index contributed by atoms with van der Waals surface area (Å²) in [5, 5.41) is 10.7. The molecular weight excluding hydrogens is 1390 g/mol. The highest BCUT2D eigenvalue weighted by Crippen LogP contribution is 2.45. The van der Waals surface area contributed by atoms with Gasteiger partial charge in [-0.1, -0.05) is 420 Å². The van der Waals surface area contributed by atoms with Crippen LogP contribution < -0.4 is 0 Å². The van der Waals surface area contributed by atoms with Crippen LogP contribution in [-0.4, -0.2) is 96.7 Å². The summed E-state index contributed by atoms with van der Waals surface area (Å²) >= 11 is 0. The van der Waals surface area contributed by atoms with Gasteiger partial charge in [-0.15, -0.1) is 0 Å². The molecule has 2 unspecified atom stereocenters. The van der Waals surface area contributed by atoms with Crippen LogP contribution in [-0.2, 0) is 65.4 Å². The molecule has 0 rings (SSSR count). The standard InChI is InChI=1S/C88H172O17P2/c1-7-9-11-13-15-17-19-21-22-23-24-25-29-35-41-47-53-59-65-71-86(91)99-77-84(105-87(92)72-66-60-54-48-42-36-30-27-26-28-33-38-44-50-56-62-68-80(3)4)79-103-107(96,97)101-75-82(89)74-100-106(94,95)102-78-83(76-98-85(90)70-64-58-52-46-40-20-18-16-14-12-10-8-2)104-88(93)73-67-61-55-49-43-37-32-31-34-39-45-51-57-63-69-81(5)6/h80-84,89H,7-79H2,1-6H3,(H,94,95)(H,96,97)/t82-,83+,84+/m0/s1. The number of esters is 4. The van der Waals surface area contributed by atoms with Crippen molar-refractivity contribution in [1.82, 2.24) is 0 Å². The van der Waals surface area contributed by atoms with Crippen LogP contribution in [0, 0.1) is 11.8 Å². The Morgan fingerprint density at radius 3 is 0.636 bits per heavy atom. The lowest BCUT2D eigenvalue weighted by Gasteiger charge is -2.21. The second-order valence-electron chi connectivity index (χ2n) is 32.6. The first-order valence-electron chi connectivity index (χ1n) is 45.5. The van der Waals surface area contributed by atoms with Crippen molar-refractivity contribution in [3.63, 3.8) is 0 Å². The van der Waals surface area contributed by atoms with Gasteiger partial charge in [0.2, 0.25) is 0 Å². The SMILES string of the molecule is CCCCCCCCCCCCCCCCCCCCCC(=O)OC[C@H](COP(=O)(O)OC[C@@H](O)COP(=O)(O)OC[C@@H](COC(=O)CCCCCCCCCCCCCC)OC(=O)CCCCCCCCCCCCCCCCC(C)C)OC(=O)CCCCCCCCCCCCCCCCCCC(C)C. The van der Waals surface area contributed by atoms with Gasteiger partial charge in [0.05, 0.1) is 26.4 Å². The number of unbranched alkanes of at least 4 members (excludes halogenated alkanes) is 57. The minimum absolute atomic E-state index is 0.108. The zero-order valence-electron chi connectivity index (χ0n) is 70.5. The van der Waals surface area contributed by atoms with Crippen LogP contribution in [0.4, 0.5) is 0 Å². The molecule has 107 heavy (non-hydrogen) atoms. The van der Waals surface area contributed by atoms with Gasteiger partial charge in [-0.2, -0.15) is 0 Å². The molecule has 636 valence electrons. The van der Waals surface area contributed by atoms with Gasteiger partial charge in [0.15, 0.2) is 12.2 Å². The fourth-order valence-corrected chi connectivity index (χ4v) is 15.4. The zero-order chi connectivity index (χ0) is 78.5. The summed E-state index contributed by atoms with van der Waals surface area (Å²) < 4.78 is 69.0. The van der Waals surface area contributed by atoms with Crippen molar-refractivity contribution >= 4 is 39.5 Å². The smallest absolute Gasteiger partial charge is 0.462 e. The Hall–Kier alpha value is -1.94. The molecule has 0 aliphatic carbocycles. The van der Waals surface area contributed by atoms with Crippen molar-refractivity contribution in [1.29, 1.82) is 0 Å². The number of hydrogen-bond donors (Lipinski definition) is 3. The van der Waals surface area contributed by atoms with Gasteiger partial charge >= 0.3 is 39.5 Å². The van der Waals surface area contributed by atoms with E-state index in [-0.39, 0.29) is 25.7 Å². The lowest BCUT2D eigenvalue weighted by atomic mass is 10.0. The average Bonchev–Trinajstić information content (AvgIpc) is 0.912. The number of hydrogen-bond acceptors (Lipinski definition) is 15. The Kier molecular flexibility index (Phi) is 77.9. The number of rotatable bonds is 87. The fraction of sp³-hybridized carbons (Fsp3) is 0.955. The summed E-state index contributed by atoms with van der Waals surface area (Å²) in [5.41, 5.74) is 0. The van der Waals surface area contributed by atoms with Crippen molar-refractivity contribution in [3.05, 3.63) is 0 Å². The first-order chi connectivity index (χ1) is 51.9. The van der Waals surface area contributed by atoms with E-state index in [1.165, 1.54) is 289 Å². The number of phosphoric acid groups is 2. The molecule has 0 saturated heterocycles. The molecular formula is C88H172O17P2. The maximum absolute atomic E-state index is 13.2. The van der Waals surface area contributed by atoms with E-state index in [0.717, 1.165) is 102 Å². The number of phosphoric ester groups is 2. The van der Waals surface area contributed by atoms with Gasteiger partial charge < -0.3 is 33.8 Å². The monoisotopic (exact) mass is 1560 g/mol. The lowest BCUT2D eigenvalue weighted by Crippen LogP contribution is -2.30. The highest BCUT2D eigenvalue weighted by molar-refractivity contribution is 7.47. The normalized spacial score (nSPS) is 13.8. The maximum atomic E-state index is 13.2. The van der Waals surface area contributed by atoms with Gasteiger partial charge in [-0.3, -0.25) is 37.3 Å². The van der Waals surface area contributed by atoms with E-state index >= 15 is 0 Å². The predicted octanol–water partition coefficient (Wildman–Crippen LogP) is 27.0. The maximum Gasteiger partial charge on any atom is 0.472 e. The molecule has 0 amide bonds. The molecule has 5 atom stereocenters. The highest BCUT2D eigenvalue weighted by atomic mass is 31.2. The van der Waals surface area contributed by atoms with Crippen LogP contribution in [0.25, 0.3) is 0 Å². The summed E-state index contributed by atoms with van der Waals surface area (Å²) in [6, 6.07) is 0. The fourth-order valence-electron chi connectivity index (χ4n) is 13.8. The number of carbonyl (C=O) groups excluding carboxylic acids is 4. The number of carbonyl (C=O) groups is 4. The third-order valence-corrected chi connectivity index (χ3v) is 22.6. The molecule has 0 saturated carbocycles. The summed E-state index contributed by atoms with van der Waals surface area (Å²) in [5.74, 6) is -0.493. The third-order valence-electron chi connectivity index (χ3n) is 20.7. The Balaban J connectivity index is 5.25. The van der Waals surface area contributed by atoms with Crippen molar-refractivity contribution in [3.8, 4) is 0 Å². The van der Waals surface area contributed by atoms with Crippen LogP contribution in [0.1, 0.15) is 472 Å². The second-order valence-corrected chi connectivity index (χ2v) is 35.5. The molecule has 17 nitrogen and oxygen atoms in total. The van der Waals surface area contributed by atoms with Crippen molar-refractivity contribution < 1.29 is 80.2 Å². The Morgan fingerprint density at radius 2 is 0.430 bits per heavy atom. The Morgan fingerprint density at radius 1 is 0.252 bits per heavy atom. The van der Waals surface area contributed by atoms with Crippen molar-refractivity contribution in [2.75, 3.05) is 39.6 Å². The number of ether oxygens (including phenoxy) is 4. The van der Waals surface area contributed by atoms with Crippen LogP contribution in [0.5, 0.6) is 0 Å². The van der Waals surface area contributed by atoms with Crippen molar-refractivity contribution in [2.45, 2.75) is 490 Å². The highest BCUT2D eigenvalue weighted by Gasteiger charge is 2.30. The molecule has 0 aromatic carbocycles. The van der Waals surface area contributed by atoms with E-state index in [2.05, 4.69) is 41.5 Å². The molecule has 0 aromatic heterocycles. The third kappa shape index (κ3) is 81.9. The molecule has 0 bridgehead atoms. The number of aliphatic hydroxyl groups excluding tert-OH is 1. The van der Waals surface area contributed by atoms with Crippen LogP contribution in [0.3, 0.4) is 0 Å². The van der Waals surface area contributed by atoms with Gasteiger partial charge in [0.1, 0.15) is 19.3 Å². The quantitative estimate of drug-likeness (QED) is 0.0222. The Bertz CT molecular complexity index is 2050. The van der Waals surface area contributed by atoms with Gasteiger partial charge in [0, 0.05) is 25.7 Å². The molecule has 0 radical (unpaired) electrons. The molecule has 0 aliphatic heterocycles. The van der Waals surface area contributed by atoms with Crippen molar-refractivity contribution in [2.24, 2.45) is 11.8 Å². The molecule has 0 heterocycles. The summed E-state index contributed by atoms with van der Waals surface area (Å²) in [6.07, 6.45) is 72.1. The average molecular weight is 1560 g/mol. The van der Waals surface area contributed by atoms with Crippen LogP contribution in [0.2, 0.25) is 0 Å². The minimum Gasteiger partial charge on any atom is -0.462 e. The van der Waals surface area contributed by atoms with E-state index in [9.17, 15) is 43.2 Å². The molecule has 0 fully saturated rings. The lowest BCUT2D eigenvalue weighted by molar-refractivity contribution is -0.161. The Labute approximate surface area is 658 Å². The van der Waals surface area contributed by atoms with E-state index in [1.54, 1.807) is 0 Å². The predicted molar refractivity (Wildman–Crippen MR) is 442 cm³/mol. The first-order valence-corrected chi connectivity index (χ1v) is 48.5. The van der Waals surface area contributed by atoms with E-state index in [0.29, 0.717) is 25.7 Å². The first kappa shape index (κ1) is 105. The molecule has 0 spiro atoms. The molecule has 19 heteroatoms. The summed E-state index contributed by atoms with van der Waals surface area (Å²) in [7, 11) is -9.93. The van der Waals surface area contributed by atoms with E-state index in [4.69, 9.17) is 37.0 Å². The second kappa shape index (κ2) is 79.3.